The van der Waals surface area contributed by atoms with Crippen molar-refractivity contribution in [3.8, 4) is 0 Å². The molecule has 2 saturated heterocycles. The number of rotatable bonds is 1. The number of likely N-dealkylation sites (tertiary alicyclic amines) is 1. The molecular weight excluding hydrogens is 198 g/mol. The summed E-state index contributed by atoms with van der Waals surface area (Å²) in [6, 6.07) is 0.692. The molecule has 0 aliphatic carbocycles. The molecule has 2 unspecified atom stereocenters. The quantitative estimate of drug-likeness (QED) is 0.680. The van der Waals surface area contributed by atoms with Gasteiger partial charge in [-0.15, -0.1) is 0 Å². The van der Waals surface area contributed by atoms with Crippen molar-refractivity contribution in [2.45, 2.75) is 58.6 Å². The fraction of sp³-hybridized carbons (Fsp3) is 1.00. The molecule has 16 heavy (non-hydrogen) atoms. The van der Waals surface area contributed by atoms with Gasteiger partial charge in [-0.1, -0.05) is 13.8 Å². The summed E-state index contributed by atoms with van der Waals surface area (Å²) in [5.41, 5.74) is 0.233. The third-order valence-corrected chi connectivity index (χ3v) is 4.76. The third kappa shape index (κ3) is 2.43. The summed E-state index contributed by atoms with van der Waals surface area (Å²) in [6.45, 7) is 12.7. The number of hydrogen-bond acceptors (Lipinski definition) is 2. The van der Waals surface area contributed by atoms with Crippen LogP contribution in [0.3, 0.4) is 0 Å². The minimum atomic E-state index is 0.233. The van der Waals surface area contributed by atoms with Crippen molar-refractivity contribution in [3.05, 3.63) is 0 Å². The lowest BCUT2D eigenvalue weighted by molar-refractivity contribution is -0.145. The second kappa shape index (κ2) is 4.66. The van der Waals surface area contributed by atoms with E-state index in [-0.39, 0.29) is 5.60 Å². The molecule has 2 aliphatic rings. The largest absolute Gasteiger partial charge is 0.375 e. The van der Waals surface area contributed by atoms with Crippen LogP contribution in [0.1, 0.15) is 47.0 Å². The lowest BCUT2D eigenvalue weighted by Crippen LogP contribution is -2.51. The SMILES string of the molecule is CC1COC2(CCN(C(C)C)CC2)CC1C. The van der Waals surface area contributed by atoms with Crippen LogP contribution in [0.25, 0.3) is 0 Å². The summed E-state index contributed by atoms with van der Waals surface area (Å²) in [6.07, 6.45) is 3.75. The Hall–Kier alpha value is -0.0800. The highest BCUT2D eigenvalue weighted by Gasteiger charge is 2.41. The number of hydrogen-bond donors (Lipinski definition) is 0. The van der Waals surface area contributed by atoms with Crippen molar-refractivity contribution in [2.24, 2.45) is 11.8 Å². The maximum absolute atomic E-state index is 6.19. The Kier molecular flexibility index (Phi) is 3.60. The predicted octanol–water partition coefficient (Wildman–Crippen LogP) is 2.92. The van der Waals surface area contributed by atoms with Gasteiger partial charge in [-0.3, -0.25) is 0 Å². The smallest absolute Gasteiger partial charge is 0.0709 e. The molecular formula is C14H27NO. The van der Waals surface area contributed by atoms with E-state index in [2.05, 4.69) is 32.6 Å². The van der Waals surface area contributed by atoms with Gasteiger partial charge >= 0.3 is 0 Å². The first kappa shape index (κ1) is 12.4. The Morgan fingerprint density at radius 2 is 1.75 bits per heavy atom. The maximum atomic E-state index is 6.19. The molecule has 2 aliphatic heterocycles. The van der Waals surface area contributed by atoms with Crippen LogP contribution in [0.2, 0.25) is 0 Å². The molecule has 0 radical (unpaired) electrons. The van der Waals surface area contributed by atoms with Crippen molar-refractivity contribution < 1.29 is 4.74 Å². The van der Waals surface area contributed by atoms with Gasteiger partial charge in [0.15, 0.2) is 0 Å². The molecule has 0 aromatic rings. The summed E-state index contributed by atoms with van der Waals surface area (Å²) in [5, 5.41) is 0. The first-order valence-corrected chi connectivity index (χ1v) is 6.90. The molecule has 0 bridgehead atoms. The molecule has 94 valence electrons. The van der Waals surface area contributed by atoms with Crippen LogP contribution >= 0.6 is 0 Å². The van der Waals surface area contributed by atoms with Crippen LogP contribution in [0, 0.1) is 11.8 Å². The molecule has 0 amide bonds. The minimum Gasteiger partial charge on any atom is -0.375 e. The molecule has 2 fully saturated rings. The summed E-state index contributed by atoms with van der Waals surface area (Å²) >= 11 is 0. The van der Waals surface area contributed by atoms with E-state index >= 15 is 0 Å². The summed E-state index contributed by atoms with van der Waals surface area (Å²) in [7, 11) is 0. The maximum Gasteiger partial charge on any atom is 0.0709 e. The van der Waals surface area contributed by atoms with E-state index in [1.54, 1.807) is 0 Å². The highest BCUT2D eigenvalue weighted by atomic mass is 16.5. The van der Waals surface area contributed by atoms with E-state index in [1.807, 2.05) is 0 Å². The van der Waals surface area contributed by atoms with Gasteiger partial charge in [0.25, 0.3) is 0 Å². The normalized spacial score (nSPS) is 35.8. The van der Waals surface area contributed by atoms with Gasteiger partial charge in [0.1, 0.15) is 0 Å². The van der Waals surface area contributed by atoms with Gasteiger partial charge in [-0.25, -0.2) is 0 Å². The average molecular weight is 225 g/mol. The minimum absolute atomic E-state index is 0.233. The highest BCUT2D eigenvalue weighted by Crippen LogP contribution is 2.39. The van der Waals surface area contributed by atoms with E-state index in [1.165, 1.54) is 32.4 Å². The lowest BCUT2D eigenvalue weighted by Gasteiger charge is -2.48. The Labute approximate surface area is 100 Å². The standard InChI is InChI=1S/C14H27NO/c1-11(2)15-7-5-14(6-8-15)9-12(3)13(4)10-16-14/h11-13H,5-10H2,1-4H3. The van der Waals surface area contributed by atoms with E-state index in [4.69, 9.17) is 4.74 Å². The first-order chi connectivity index (χ1) is 7.52. The lowest BCUT2D eigenvalue weighted by atomic mass is 9.76. The van der Waals surface area contributed by atoms with Crippen LogP contribution < -0.4 is 0 Å². The molecule has 2 atom stereocenters. The van der Waals surface area contributed by atoms with Gasteiger partial charge in [-0.2, -0.15) is 0 Å². The monoisotopic (exact) mass is 225 g/mol. The average Bonchev–Trinajstić information content (AvgIpc) is 2.25. The Morgan fingerprint density at radius 1 is 1.12 bits per heavy atom. The van der Waals surface area contributed by atoms with Crippen LogP contribution in [-0.4, -0.2) is 36.2 Å². The number of nitrogens with zero attached hydrogens (tertiary/aromatic N) is 1. The van der Waals surface area contributed by atoms with E-state index in [0.717, 1.165) is 18.4 Å². The van der Waals surface area contributed by atoms with Gasteiger partial charge in [0, 0.05) is 19.1 Å². The van der Waals surface area contributed by atoms with E-state index in [9.17, 15) is 0 Å². The fourth-order valence-electron chi connectivity index (χ4n) is 3.12. The van der Waals surface area contributed by atoms with Gasteiger partial charge in [0.05, 0.1) is 12.2 Å². The summed E-state index contributed by atoms with van der Waals surface area (Å²) in [4.78, 5) is 2.58. The predicted molar refractivity (Wildman–Crippen MR) is 67.6 cm³/mol. The van der Waals surface area contributed by atoms with Crippen molar-refractivity contribution in [2.75, 3.05) is 19.7 Å². The molecule has 0 N–H and O–H groups in total. The zero-order valence-corrected chi connectivity index (χ0v) is 11.3. The van der Waals surface area contributed by atoms with Crippen LogP contribution in [0.5, 0.6) is 0 Å². The molecule has 1 spiro atoms. The highest BCUT2D eigenvalue weighted by molar-refractivity contribution is 4.93. The third-order valence-electron chi connectivity index (χ3n) is 4.76. The molecule has 2 nitrogen and oxygen atoms in total. The second-order valence-corrected chi connectivity index (χ2v) is 6.28. The second-order valence-electron chi connectivity index (χ2n) is 6.28. The molecule has 2 rings (SSSR count). The molecule has 2 heterocycles. The van der Waals surface area contributed by atoms with Crippen molar-refractivity contribution in [1.29, 1.82) is 0 Å². The first-order valence-electron chi connectivity index (χ1n) is 6.90. The van der Waals surface area contributed by atoms with Crippen LogP contribution in [0.4, 0.5) is 0 Å². The number of piperidine rings is 1. The van der Waals surface area contributed by atoms with Crippen molar-refractivity contribution in [1.82, 2.24) is 4.90 Å². The van der Waals surface area contributed by atoms with Gasteiger partial charge in [0.2, 0.25) is 0 Å². The topological polar surface area (TPSA) is 12.5 Å². The zero-order valence-electron chi connectivity index (χ0n) is 11.3. The van der Waals surface area contributed by atoms with Crippen LogP contribution in [-0.2, 0) is 4.74 Å². The Bertz CT molecular complexity index is 231. The summed E-state index contributed by atoms with van der Waals surface area (Å²) in [5.74, 6) is 1.58. The fourth-order valence-corrected chi connectivity index (χ4v) is 3.12. The van der Waals surface area contributed by atoms with Crippen molar-refractivity contribution in [3.63, 3.8) is 0 Å². The van der Waals surface area contributed by atoms with Crippen molar-refractivity contribution >= 4 is 0 Å². The molecule has 2 heteroatoms. The Morgan fingerprint density at radius 3 is 2.25 bits per heavy atom. The Balaban J connectivity index is 1.92. The van der Waals surface area contributed by atoms with Crippen LogP contribution in [0.15, 0.2) is 0 Å². The zero-order chi connectivity index (χ0) is 11.8. The number of ether oxygens (including phenoxy) is 1. The van der Waals surface area contributed by atoms with E-state index in [0.29, 0.717) is 6.04 Å². The summed E-state index contributed by atoms with van der Waals surface area (Å²) < 4.78 is 6.19. The molecule has 0 aromatic carbocycles. The molecule has 0 saturated carbocycles. The van der Waals surface area contributed by atoms with Gasteiger partial charge in [-0.05, 0) is 44.9 Å². The molecule has 0 aromatic heterocycles. The van der Waals surface area contributed by atoms with E-state index < -0.39 is 0 Å². The van der Waals surface area contributed by atoms with Gasteiger partial charge < -0.3 is 9.64 Å².